The second kappa shape index (κ2) is 6.37. The Morgan fingerprint density at radius 2 is 1.48 bits per heavy atom. The third kappa shape index (κ3) is 3.51. The summed E-state index contributed by atoms with van der Waals surface area (Å²) in [7, 11) is 1.70. The molecule has 1 heteroatoms. The fourth-order valence-corrected chi connectivity index (χ4v) is 3.88. The smallest absolute Gasteiger partial charge is 0.118 e. The highest BCUT2D eigenvalue weighted by Crippen LogP contribution is 2.46. The fraction of sp³-hybridized carbons (Fsp3) is 0.417. The van der Waals surface area contributed by atoms with E-state index in [0.29, 0.717) is 0 Å². The second-order valence-electron chi connectivity index (χ2n) is 8.63. The number of benzene rings is 2. The summed E-state index contributed by atoms with van der Waals surface area (Å²) in [6.07, 6.45) is 4.80. The normalized spacial score (nSPS) is 18.6. The third-order valence-corrected chi connectivity index (χ3v) is 5.81. The number of fused-ring (bicyclic) bond motifs is 1. The lowest BCUT2D eigenvalue weighted by molar-refractivity contribution is 0.332. The van der Waals surface area contributed by atoms with Crippen LogP contribution in [0.2, 0.25) is 0 Å². The van der Waals surface area contributed by atoms with Gasteiger partial charge in [0.1, 0.15) is 5.75 Å². The second-order valence-corrected chi connectivity index (χ2v) is 8.63. The number of rotatable bonds is 3. The third-order valence-electron chi connectivity index (χ3n) is 5.81. The van der Waals surface area contributed by atoms with E-state index in [1.165, 1.54) is 40.7 Å². The molecule has 3 rings (SSSR count). The van der Waals surface area contributed by atoms with Crippen molar-refractivity contribution in [2.24, 2.45) is 0 Å². The maximum Gasteiger partial charge on any atom is 0.118 e. The first kappa shape index (κ1) is 17.8. The first-order valence-corrected chi connectivity index (χ1v) is 9.21. The molecule has 2 aromatic rings. The molecule has 132 valence electrons. The minimum Gasteiger partial charge on any atom is -0.497 e. The van der Waals surface area contributed by atoms with Crippen molar-refractivity contribution in [3.8, 4) is 5.75 Å². The van der Waals surface area contributed by atoms with Gasteiger partial charge in [0.15, 0.2) is 0 Å². The lowest BCUT2D eigenvalue weighted by Crippen LogP contribution is -2.33. The van der Waals surface area contributed by atoms with Gasteiger partial charge in [0, 0.05) is 0 Å². The summed E-state index contributed by atoms with van der Waals surface area (Å²) in [5, 5.41) is 0. The molecule has 0 fully saturated rings. The van der Waals surface area contributed by atoms with Crippen LogP contribution in [-0.2, 0) is 10.8 Å². The molecule has 0 heterocycles. The quantitative estimate of drug-likeness (QED) is 0.574. The van der Waals surface area contributed by atoms with Gasteiger partial charge in [0.05, 0.1) is 7.11 Å². The van der Waals surface area contributed by atoms with Crippen molar-refractivity contribution < 1.29 is 4.74 Å². The zero-order valence-electron chi connectivity index (χ0n) is 16.4. The van der Waals surface area contributed by atoms with Gasteiger partial charge in [-0.2, -0.15) is 0 Å². The van der Waals surface area contributed by atoms with Gasteiger partial charge in [0.2, 0.25) is 0 Å². The van der Waals surface area contributed by atoms with Gasteiger partial charge in [-0.15, -0.1) is 0 Å². The maximum atomic E-state index is 5.25. The van der Waals surface area contributed by atoms with Crippen molar-refractivity contribution in [3.63, 3.8) is 0 Å². The Balaban J connectivity index is 1.98. The predicted octanol–water partition coefficient (Wildman–Crippen LogP) is 6.60. The lowest BCUT2D eigenvalue weighted by atomic mass is 9.63. The highest BCUT2D eigenvalue weighted by atomic mass is 16.5. The Kier molecular flexibility index (Phi) is 4.53. The van der Waals surface area contributed by atoms with Crippen LogP contribution in [0.15, 0.2) is 42.5 Å². The monoisotopic (exact) mass is 334 g/mol. The van der Waals surface area contributed by atoms with E-state index in [1.54, 1.807) is 7.11 Å². The molecule has 1 nitrogen and oxygen atoms in total. The zero-order valence-corrected chi connectivity index (χ0v) is 16.4. The average Bonchev–Trinajstić information content (AvgIpc) is 2.59. The molecule has 0 aromatic heterocycles. The van der Waals surface area contributed by atoms with Crippen LogP contribution in [0.4, 0.5) is 0 Å². The van der Waals surface area contributed by atoms with Crippen LogP contribution in [0.3, 0.4) is 0 Å². The molecular weight excluding hydrogens is 304 g/mol. The molecule has 1 aliphatic rings. The summed E-state index contributed by atoms with van der Waals surface area (Å²) < 4.78 is 5.25. The van der Waals surface area contributed by atoms with E-state index in [1.807, 2.05) is 12.1 Å². The van der Waals surface area contributed by atoms with E-state index in [2.05, 4.69) is 71.0 Å². The number of hydrogen-bond acceptors (Lipinski definition) is 1. The molecule has 0 radical (unpaired) electrons. The zero-order chi connectivity index (χ0) is 18.2. The van der Waals surface area contributed by atoms with Gasteiger partial charge in [0.25, 0.3) is 0 Å². The van der Waals surface area contributed by atoms with E-state index in [-0.39, 0.29) is 10.8 Å². The topological polar surface area (TPSA) is 9.23 Å². The molecule has 0 saturated carbocycles. The number of methoxy groups -OCH3 is 1. The molecule has 0 aliphatic heterocycles. The van der Waals surface area contributed by atoms with Crippen LogP contribution in [-0.4, -0.2) is 7.11 Å². The van der Waals surface area contributed by atoms with Crippen LogP contribution in [0.5, 0.6) is 5.75 Å². The van der Waals surface area contributed by atoms with E-state index >= 15 is 0 Å². The molecule has 25 heavy (non-hydrogen) atoms. The Hall–Kier alpha value is -2.02. The largest absolute Gasteiger partial charge is 0.497 e. The van der Waals surface area contributed by atoms with Crippen LogP contribution in [0, 0.1) is 0 Å². The van der Waals surface area contributed by atoms with Crippen molar-refractivity contribution >= 4 is 11.6 Å². The summed E-state index contributed by atoms with van der Waals surface area (Å²) in [4.78, 5) is 0. The molecule has 2 aromatic carbocycles. The van der Waals surface area contributed by atoms with E-state index in [0.717, 1.165) is 5.75 Å². The Morgan fingerprint density at radius 3 is 2.08 bits per heavy atom. The molecule has 0 spiro atoms. The van der Waals surface area contributed by atoms with E-state index in [4.69, 9.17) is 4.74 Å². The predicted molar refractivity (Wildman–Crippen MR) is 108 cm³/mol. The standard InChI is InChI=1S/C24H30O/c1-17(19-8-10-20(25-6)11-9-19)15-18-7-12-21-22(16-18)24(4,5)14-13-23(21,2)3/h7-12,15-16H,13-14H2,1-6H3/b17-15+. The van der Waals surface area contributed by atoms with Crippen molar-refractivity contribution in [1.82, 2.24) is 0 Å². The summed E-state index contributed by atoms with van der Waals surface area (Å²) in [5.74, 6) is 0.898. The van der Waals surface area contributed by atoms with Gasteiger partial charge < -0.3 is 4.74 Å². The molecule has 0 N–H and O–H groups in total. The van der Waals surface area contributed by atoms with Crippen LogP contribution in [0.25, 0.3) is 11.6 Å². The van der Waals surface area contributed by atoms with Crippen LogP contribution < -0.4 is 4.74 Å². The van der Waals surface area contributed by atoms with Gasteiger partial charge in [-0.3, -0.25) is 0 Å². The van der Waals surface area contributed by atoms with Crippen molar-refractivity contribution in [2.75, 3.05) is 7.11 Å². The summed E-state index contributed by atoms with van der Waals surface area (Å²) in [6, 6.07) is 15.3. The van der Waals surface area contributed by atoms with Gasteiger partial charge >= 0.3 is 0 Å². The Bertz CT molecular complexity index is 791. The summed E-state index contributed by atoms with van der Waals surface area (Å²) in [6.45, 7) is 11.7. The van der Waals surface area contributed by atoms with E-state index in [9.17, 15) is 0 Å². The molecule has 0 atom stereocenters. The molecule has 0 bridgehead atoms. The number of ether oxygens (including phenoxy) is 1. The van der Waals surface area contributed by atoms with Crippen molar-refractivity contribution in [1.29, 1.82) is 0 Å². The SMILES string of the molecule is COc1ccc(/C(C)=C/c2ccc3c(c2)C(C)(C)CCC3(C)C)cc1. The molecule has 0 amide bonds. The lowest BCUT2D eigenvalue weighted by Gasteiger charge is -2.42. The minimum atomic E-state index is 0.253. The summed E-state index contributed by atoms with van der Waals surface area (Å²) >= 11 is 0. The van der Waals surface area contributed by atoms with Crippen LogP contribution >= 0.6 is 0 Å². The molecule has 0 unspecified atom stereocenters. The highest BCUT2D eigenvalue weighted by Gasteiger charge is 2.36. The minimum absolute atomic E-state index is 0.253. The van der Waals surface area contributed by atoms with Gasteiger partial charge in [-0.05, 0) is 70.6 Å². The Labute approximate surface area is 152 Å². The molecular formula is C24H30O. The average molecular weight is 335 g/mol. The Morgan fingerprint density at radius 1 is 0.880 bits per heavy atom. The fourth-order valence-electron chi connectivity index (χ4n) is 3.88. The first-order valence-electron chi connectivity index (χ1n) is 9.21. The highest BCUT2D eigenvalue weighted by molar-refractivity contribution is 5.80. The van der Waals surface area contributed by atoms with Crippen molar-refractivity contribution in [3.05, 3.63) is 64.7 Å². The van der Waals surface area contributed by atoms with Gasteiger partial charge in [-0.1, -0.05) is 64.1 Å². The molecule has 1 aliphatic carbocycles. The molecule has 0 saturated heterocycles. The first-order chi connectivity index (χ1) is 11.7. The maximum absolute atomic E-state index is 5.25. The summed E-state index contributed by atoms with van der Waals surface area (Å²) in [5.41, 5.74) is 7.36. The number of allylic oxidation sites excluding steroid dienone is 1. The van der Waals surface area contributed by atoms with E-state index < -0.39 is 0 Å². The van der Waals surface area contributed by atoms with Crippen molar-refractivity contribution in [2.45, 2.75) is 58.3 Å². The van der Waals surface area contributed by atoms with Gasteiger partial charge in [-0.25, -0.2) is 0 Å². The van der Waals surface area contributed by atoms with Crippen LogP contribution in [0.1, 0.15) is 69.7 Å². The number of hydrogen-bond donors (Lipinski definition) is 0.